The second-order valence-corrected chi connectivity index (χ2v) is 15.0. The van der Waals surface area contributed by atoms with E-state index in [0.717, 1.165) is 38.7 Å². The Morgan fingerprint density at radius 3 is 1.89 bits per heavy atom. The molecule has 0 aliphatic rings. The molecule has 0 fully saturated rings. The van der Waals surface area contributed by atoms with Gasteiger partial charge in [-0.3, -0.25) is 0 Å². The lowest BCUT2D eigenvalue weighted by Gasteiger charge is -2.43. The Morgan fingerprint density at radius 2 is 1.31 bits per heavy atom. The molecule has 1 unspecified atom stereocenters. The number of benzene rings is 2. The molecule has 3 heteroatoms. The van der Waals surface area contributed by atoms with Crippen LogP contribution in [0.2, 0.25) is 5.04 Å². The first kappa shape index (κ1) is 29.4. The monoisotopic (exact) mass is 492 g/mol. The molecule has 35 heavy (non-hydrogen) atoms. The summed E-state index contributed by atoms with van der Waals surface area (Å²) >= 11 is 0. The maximum Gasteiger partial charge on any atom is 0.261 e. The second-order valence-electron chi connectivity index (χ2n) is 10.7. The first-order valence-corrected chi connectivity index (χ1v) is 15.7. The van der Waals surface area contributed by atoms with E-state index < -0.39 is 14.4 Å². The molecule has 0 saturated carbocycles. The zero-order valence-electron chi connectivity index (χ0n) is 22.7. The van der Waals surface area contributed by atoms with E-state index in [2.05, 4.69) is 100 Å². The fraction of sp³-hybridized carbons (Fsp3) is 0.562. The van der Waals surface area contributed by atoms with Crippen LogP contribution in [-0.4, -0.2) is 26.1 Å². The number of aliphatic hydroxyl groups excluding tert-OH is 1. The molecule has 2 rings (SSSR count). The largest absolute Gasteiger partial charge is 0.407 e. The highest BCUT2D eigenvalue weighted by Crippen LogP contribution is 2.36. The fourth-order valence-corrected chi connectivity index (χ4v) is 9.47. The van der Waals surface area contributed by atoms with Gasteiger partial charge in [-0.1, -0.05) is 133 Å². The minimum Gasteiger partial charge on any atom is -0.407 e. The minimum atomic E-state index is -2.40. The predicted molar refractivity (Wildman–Crippen MR) is 154 cm³/mol. The van der Waals surface area contributed by atoms with Crippen molar-refractivity contribution < 1.29 is 9.53 Å². The van der Waals surface area contributed by atoms with Gasteiger partial charge in [0.25, 0.3) is 8.32 Å². The highest BCUT2D eigenvalue weighted by molar-refractivity contribution is 6.99. The van der Waals surface area contributed by atoms with Crippen LogP contribution in [0, 0.1) is 11.8 Å². The summed E-state index contributed by atoms with van der Waals surface area (Å²) in [6.45, 7) is 10.0. The Hall–Kier alpha value is -1.86. The first-order chi connectivity index (χ1) is 16.9. The number of rotatable bonds is 15. The van der Waals surface area contributed by atoms with Crippen LogP contribution in [0.1, 0.15) is 98.3 Å². The molecule has 0 amide bonds. The number of hydrogen-bond acceptors (Lipinski definition) is 2. The van der Waals surface area contributed by atoms with Crippen LogP contribution in [0.3, 0.4) is 0 Å². The van der Waals surface area contributed by atoms with Gasteiger partial charge in [-0.25, -0.2) is 0 Å². The molecule has 0 spiro atoms. The third kappa shape index (κ3) is 9.60. The summed E-state index contributed by atoms with van der Waals surface area (Å²) < 4.78 is 6.97. The first-order valence-electron chi connectivity index (χ1n) is 13.8. The lowest BCUT2D eigenvalue weighted by molar-refractivity contribution is 0.217. The Labute approximate surface area is 216 Å². The Morgan fingerprint density at radius 1 is 0.771 bits per heavy atom. The maximum absolute atomic E-state index is 9.95. The van der Waals surface area contributed by atoms with Gasteiger partial charge in [0.05, 0.1) is 0 Å². The van der Waals surface area contributed by atoms with E-state index >= 15 is 0 Å². The smallest absolute Gasteiger partial charge is 0.261 e. The summed E-state index contributed by atoms with van der Waals surface area (Å²) in [6, 6.07) is 21.8. The quantitative estimate of drug-likeness (QED) is 0.161. The lowest BCUT2D eigenvalue weighted by Crippen LogP contribution is -2.66. The zero-order valence-corrected chi connectivity index (χ0v) is 23.7. The minimum absolute atomic E-state index is 0.0366. The van der Waals surface area contributed by atoms with Crippen LogP contribution in [-0.2, 0) is 4.43 Å². The highest BCUT2D eigenvalue weighted by Gasteiger charge is 2.49. The van der Waals surface area contributed by atoms with E-state index in [4.69, 9.17) is 4.43 Å². The van der Waals surface area contributed by atoms with Crippen LogP contribution in [0.4, 0.5) is 0 Å². The van der Waals surface area contributed by atoms with Gasteiger partial charge in [-0.05, 0) is 41.1 Å². The molecule has 0 aliphatic carbocycles. The van der Waals surface area contributed by atoms with E-state index in [9.17, 15) is 5.11 Å². The van der Waals surface area contributed by atoms with Crippen molar-refractivity contribution >= 4 is 18.7 Å². The molecule has 0 aromatic heterocycles. The number of aliphatic hydroxyl groups is 1. The van der Waals surface area contributed by atoms with Crippen molar-refractivity contribution in [3.63, 3.8) is 0 Å². The van der Waals surface area contributed by atoms with Crippen LogP contribution in [0.15, 0.2) is 60.7 Å². The molecular weight excluding hydrogens is 444 g/mol. The van der Waals surface area contributed by atoms with E-state index in [1.807, 2.05) is 0 Å². The third-order valence-corrected chi connectivity index (χ3v) is 11.8. The Kier molecular flexibility index (Phi) is 13.4. The highest BCUT2D eigenvalue weighted by atomic mass is 28.4. The van der Waals surface area contributed by atoms with Crippen molar-refractivity contribution in [2.45, 2.75) is 109 Å². The maximum atomic E-state index is 9.95. The molecule has 2 aromatic rings. The van der Waals surface area contributed by atoms with E-state index in [1.165, 1.54) is 48.9 Å². The summed E-state index contributed by atoms with van der Waals surface area (Å²) in [5.74, 6) is 6.20. The topological polar surface area (TPSA) is 29.5 Å². The standard InChI is InChI=1S/C32H48O2Si/c1-5-6-7-15-22-29(33)23-16-11-9-8-10-12-21-28-34-35(32(2,3)4,30-24-17-13-18-25-30)31-26-19-14-20-27-31/h13-14,17-20,24-27,29,33H,5-12,15,21-22,28H2,1-4H3. The average molecular weight is 493 g/mol. The second kappa shape index (κ2) is 16.0. The predicted octanol–water partition coefficient (Wildman–Crippen LogP) is 7.24. The van der Waals surface area contributed by atoms with Crippen molar-refractivity contribution in [3.8, 4) is 11.8 Å². The Bertz CT molecular complexity index is 822. The van der Waals surface area contributed by atoms with Crippen LogP contribution >= 0.6 is 0 Å². The molecule has 192 valence electrons. The molecule has 0 radical (unpaired) electrons. The zero-order chi connectivity index (χ0) is 25.4. The summed E-state index contributed by atoms with van der Waals surface area (Å²) in [5, 5.41) is 12.7. The van der Waals surface area contributed by atoms with Gasteiger partial charge < -0.3 is 9.53 Å². The molecule has 2 nitrogen and oxygen atoms in total. The van der Waals surface area contributed by atoms with Gasteiger partial charge in [0.15, 0.2) is 0 Å². The van der Waals surface area contributed by atoms with Crippen LogP contribution in [0.5, 0.6) is 0 Å². The average Bonchev–Trinajstić information content (AvgIpc) is 2.85. The number of unbranched alkanes of at least 4 members (excludes halogenated alkanes) is 8. The summed E-state index contributed by atoms with van der Waals surface area (Å²) in [7, 11) is -2.40. The molecule has 0 aliphatic heterocycles. The lowest BCUT2D eigenvalue weighted by atomic mass is 10.1. The van der Waals surface area contributed by atoms with E-state index in [-0.39, 0.29) is 5.04 Å². The normalized spacial score (nSPS) is 12.7. The molecule has 0 saturated heterocycles. The van der Waals surface area contributed by atoms with Gasteiger partial charge in [0, 0.05) is 13.0 Å². The summed E-state index contributed by atoms with van der Waals surface area (Å²) in [5.41, 5.74) is 0. The molecule has 1 N–H and O–H groups in total. The fourth-order valence-electron chi connectivity index (χ4n) is 4.86. The van der Waals surface area contributed by atoms with E-state index in [1.54, 1.807) is 0 Å². The molecule has 2 aromatic carbocycles. The van der Waals surface area contributed by atoms with Crippen molar-refractivity contribution in [1.82, 2.24) is 0 Å². The summed E-state index contributed by atoms with van der Waals surface area (Å²) in [6.07, 6.45) is 11.8. The van der Waals surface area contributed by atoms with Crippen molar-refractivity contribution in [1.29, 1.82) is 0 Å². The Balaban J connectivity index is 1.79. The van der Waals surface area contributed by atoms with Gasteiger partial charge in [0.1, 0.15) is 6.10 Å². The molecule has 1 atom stereocenters. The van der Waals surface area contributed by atoms with Crippen molar-refractivity contribution in [2.24, 2.45) is 0 Å². The third-order valence-electron chi connectivity index (χ3n) is 6.78. The van der Waals surface area contributed by atoms with Crippen LogP contribution < -0.4 is 10.4 Å². The van der Waals surface area contributed by atoms with Gasteiger partial charge >= 0.3 is 0 Å². The van der Waals surface area contributed by atoms with E-state index in [0.29, 0.717) is 0 Å². The van der Waals surface area contributed by atoms with Crippen molar-refractivity contribution in [3.05, 3.63) is 60.7 Å². The molecule has 0 heterocycles. The van der Waals surface area contributed by atoms with Gasteiger partial charge in [-0.2, -0.15) is 0 Å². The summed E-state index contributed by atoms with van der Waals surface area (Å²) in [4.78, 5) is 0. The number of hydrogen-bond donors (Lipinski definition) is 1. The van der Waals surface area contributed by atoms with Crippen LogP contribution in [0.25, 0.3) is 0 Å². The van der Waals surface area contributed by atoms with Gasteiger partial charge in [-0.15, -0.1) is 5.92 Å². The van der Waals surface area contributed by atoms with Crippen molar-refractivity contribution in [2.75, 3.05) is 6.61 Å². The molecular formula is C32H48O2Si. The van der Waals surface area contributed by atoms with Gasteiger partial charge in [0.2, 0.25) is 0 Å². The molecule has 0 bridgehead atoms. The SMILES string of the molecule is CCCCCCC(O)C#CCCCCCCCO[Si](c1ccccc1)(c1ccccc1)C(C)(C)C.